The van der Waals surface area contributed by atoms with E-state index >= 15 is 0 Å². The highest BCUT2D eigenvalue weighted by Crippen LogP contribution is 2.30. The molecule has 31 heavy (non-hydrogen) atoms. The van der Waals surface area contributed by atoms with E-state index in [2.05, 4.69) is 15.4 Å². The van der Waals surface area contributed by atoms with Crippen LogP contribution >= 0.6 is 0 Å². The number of benzene rings is 3. The van der Waals surface area contributed by atoms with E-state index in [1.165, 1.54) is 24.3 Å². The van der Waals surface area contributed by atoms with Crippen LogP contribution in [0.4, 0.5) is 28.9 Å². The molecule has 0 saturated heterocycles. The average Bonchev–Trinajstić information content (AvgIpc) is 2.73. The van der Waals surface area contributed by atoms with Crippen LogP contribution in [-0.2, 0) is 0 Å². The third-order valence-corrected chi connectivity index (χ3v) is 4.42. The van der Waals surface area contributed by atoms with Crippen molar-refractivity contribution in [3.63, 3.8) is 0 Å². The summed E-state index contributed by atoms with van der Waals surface area (Å²) in [6, 6.07) is 12.6. The summed E-state index contributed by atoms with van der Waals surface area (Å²) in [7, 11) is 0.830. The highest BCUT2D eigenvalue weighted by Gasteiger charge is 2.30. The minimum absolute atomic E-state index is 0.0306. The van der Waals surface area contributed by atoms with E-state index in [9.17, 15) is 27.2 Å². The van der Waals surface area contributed by atoms with Gasteiger partial charge >= 0.3 is 0 Å². The van der Waals surface area contributed by atoms with Gasteiger partial charge in [-0.1, -0.05) is 24.3 Å². The number of amides is 2. The van der Waals surface area contributed by atoms with Gasteiger partial charge in [0, 0.05) is 16.9 Å². The molecular formula is C22H16F4N2O3. The number of methoxy groups -OCH3 is 1. The predicted molar refractivity (Wildman–Crippen MR) is 106 cm³/mol. The Morgan fingerprint density at radius 2 is 1.32 bits per heavy atom. The maximum absolute atomic E-state index is 14.1. The van der Waals surface area contributed by atoms with Gasteiger partial charge in [-0.05, 0) is 36.8 Å². The molecule has 0 aromatic heterocycles. The summed E-state index contributed by atoms with van der Waals surface area (Å²) in [5.41, 5.74) is 0.0523. The molecule has 3 rings (SSSR count). The van der Waals surface area contributed by atoms with Gasteiger partial charge < -0.3 is 15.4 Å². The van der Waals surface area contributed by atoms with Gasteiger partial charge in [0.05, 0.1) is 7.11 Å². The maximum atomic E-state index is 14.1. The molecule has 0 aliphatic heterocycles. The zero-order chi connectivity index (χ0) is 22.7. The molecule has 160 valence electrons. The van der Waals surface area contributed by atoms with E-state index in [0.717, 1.165) is 12.7 Å². The number of hydrogen-bond acceptors (Lipinski definition) is 3. The summed E-state index contributed by atoms with van der Waals surface area (Å²) in [6.45, 7) is 1.77. The normalized spacial score (nSPS) is 10.5. The van der Waals surface area contributed by atoms with E-state index in [-0.39, 0.29) is 11.4 Å². The molecule has 3 aromatic rings. The van der Waals surface area contributed by atoms with E-state index in [0.29, 0.717) is 5.56 Å². The first-order valence-corrected chi connectivity index (χ1v) is 8.93. The molecule has 2 amide bonds. The summed E-state index contributed by atoms with van der Waals surface area (Å²) in [5, 5.41) is 4.79. The molecule has 5 nitrogen and oxygen atoms in total. The Bertz CT molecular complexity index is 1150. The van der Waals surface area contributed by atoms with Gasteiger partial charge in [0.25, 0.3) is 11.8 Å². The standard InChI is InChI=1S/C22H16F4N2O3/c1-11-6-3-4-9-14(11)21(29)27-12-7-5-8-13(10-12)28-22(30)15-16(23)18(25)20(31-2)19(26)17(15)24/h3-10H,1-2H3,(H,27,29)(H,28,30). The number of carbonyl (C=O) groups is 2. The Morgan fingerprint density at radius 3 is 1.87 bits per heavy atom. The van der Waals surface area contributed by atoms with Crippen molar-refractivity contribution >= 4 is 23.2 Å². The SMILES string of the molecule is COc1c(F)c(F)c(C(=O)Nc2cccc(NC(=O)c3ccccc3C)c2)c(F)c1F. The lowest BCUT2D eigenvalue weighted by Gasteiger charge is -2.12. The fourth-order valence-electron chi connectivity index (χ4n) is 2.88. The summed E-state index contributed by atoms with van der Waals surface area (Å²) in [4.78, 5) is 24.7. The molecule has 9 heteroatoms. The molecule has 0 spiro atoms. The van der Waals surface area contributed by atoms with E-state index in [1.54, 1.807) is 31.2 Å². The van der Waals surface area contributed by atoms with Gasteiger partial charge in [0.15, 0.2) is 17.4 Å². The smallest absolute Gasteiger partial charge is 0.261 e. The first-order valence-electron chi connectivity index (χ1n) is 8.93. The van der Waals surface area contributed by atoms with Crippen molar-refractivity contribution in [2.45, 2.75) is 6.92 Å². The summed E-state index contributed by atoms with van der Waals surface area (Å²) in [6.07, 6.45) is 0. The largest absolute Gasteiger partial charge is 0.491 e. The van der Waals surface area contributed by atoms with Crippen LogP contribution in [0.25, 0.3) is 0 Å². The molecular weight excluding hydrogens is 416 g/mol. The predicted octanol–water partition coefficient (Wildman–Crippen LogP) is 5.06. The van der Waals surface area contributed by atoms with Gasteiger partial charge in [-0.15, -0.1) is 0 Å². The lowest BCUT2D eigenvalue weighted by atomic mass is 10.1. The first-order chi connectivity index (χ1) is 14.7. The molecule has 0 aliphatic rings. The third-order valence-electron chi connectivity index (χ3n) is 4.42. The summed E-state index contributed by atoms with van der Waals surface area (Å²) >= 11 is 0. The summed E-state index contributed by atoms with van der Waals surface area (Å²) < 4.78 is 60.3. The second-order valence-corrected chi connectivity index (χ2v) is 6.47. The fourth-order valence-corrected chi connectivity index (χ4v) is 2.88. The van der Waals surface area contributed by atoms with Crippen molar-refractivity contribution < 1.29 is 31.9 Å². The number of hydrogen-bond donors (Lipinski definition) is 2. The molecule has 0 aliphatic carbocycles. The molecule has 0 bridgehead atoms. The quantitative estimate of drug-likeness (QED) is 0.437. The molecule has 0 fully saturated rings. The molecule has 3 aromatic carbocycles. The van der Waals surface area contributed by atoms with E-state index < -0.39 is 46.4 Å². The van der Waals surface area contributed by atoms with Crippen LogP contribution in [0.3, 0.4) is 0 Å². The van der Waals surface area contributed by atoms with Gasteiger partial charge in [-0.25, -0.2) is 8.78 Å². The van der Waals surface area contributed by atoms with Crippen molar-refractivity contribution in [2.24, 2.45) is 0 Å². The highest BCUT2D eigenvalue weighted by atomic mass is 19.2. The van der Waals surface area contributed by atoms with Crippen molar-refractivity contribution in [3.05, 3.63) is 88.5 Å². The van der Waals surface area contributed by atoms with E-state index in [4.69, 9.17) is 0 Å². The number of ether oxygens (including phenoxy) is 1. The lowest BCUT2D eigenvalue weighted by molar-refractivity contribution is 0.101. The zero-order valence-corrected chi connectivity index (χ0v) is 16.4. The van der Waals surface area contributed by atoms with Crippen molar-refractivity contribution in [1.82, 2.24) is 0 Å². The van der Waals surface area contributed by atoms with Gasteiger partial charge in [-0.3, -0.25) is 9.59 Å². The number of anilines is 2. The van der Waals surface area contributed by atoms with Crippen molar-refractivity contribution in [1.29, 1.82) is 0 Å². The highest BCUT2D eigenvalue weighted by molar-refractivity contribution is 6.07. The second kappa shape index (κ2) is 8.86. The minimum Gasteiger partial charge on any atom is -0.491 e. The van der Waals surface area contributed by atoms with Gasteiger partial charge in [0.1, 0.15) is 5.56 Å². The monoisotopic (exact) mass is 432 g/mol. The van der Waals surface area contributed by atoms with Crippen LogP contribution in [-0.4, -0.2) is 18.9 Å². The molecule has 0 saturated carbocycles. The Morgan fingerprint density at radius 1 is 0.774 bits per heavy atom. The number of halogens is 4. The fraction of sp³-hybridized carbons (Fsp3) is 0.0909. The second-order valence-electron chi connectivity index (χ2n) is 6.47. The third kappa shape index (κ3) is 4.35. The summed E-state index contributed by atoms with van der Waals surface area (Å²) in [5.74, 6) is -10.5. The first kappa shape index (κ1) is 21.8. The molecule has 0 heterocycles. The number of carbonyl (C=O) groups excluding carboxylic acids is 2. The van der Waals surface area contributed by atoms with Gasteiger partial charge in [0.2, 0.25) is 11.6 Å². The topological polar surface area (TPSA) is 67.4 Å². The van der Waals surface area contributed by atoms with E-state index in [1.807, 2.05) is 0 Å². The van der Waals surface area contributed by atoms with Crippen LogP contribution in [0.15, 0.2) is 48.5 Å². The van der Waals surface area contributed by atoms with Crippen LogP contribution < -0.4 is 15.4 Å². The zero-order valence-electron chi connectivity index (χ0n) is 16.4. The van der Waals surface area contributed by atoms with Crippen molar-refractivity contribution in [2.75, 3.05) is 17.7 Å². The van der Waals surface area contributed by atoms with Crippen LogP contribution in [0.1, 0.15) is 26.3 Å². The number of aryl methyl sites for hydroxylation is 1. The average molecular weight is 432 g/mol. The number of nitrogens with one attached hydrogen (secondary N) is 2. The Labute approximate surface area is 174 Å². The Balaban J connectivity index is 1.84. The minimum atomic E-state index is -1.89. The molecule has 0 radical (unpaired) electrons. The van der Waals surface area contributed by atoms with Crippen LogP contribution in [0, 0.1) is 30.2 Å². The van der Waals surface area contributed by atoms with Gasteiger partial charge in [-0.2, -0.15) is 8.78 Å². The maximum Gasteiger partial charge on any atom is 0.261 e. The van der Waals surface area contributed by atoms with Crippen LogP contribution in [0.2, 0.25) is 0 Å². The molecule has 2 N–H and O–H groups in total. The Hall–Kier alpha value is -3.88. The van der Waals surface area contributed by atoms with Crippen molar-refractivity contribution in [3.8, 4) is 5.75 Å². The Kier molecular flexibility index (Phi) is 6.24. The number of rotatable bonds is 5. The molecule has 0 atom stereocenters. The molecule has 0 unspecified atom stereocenters. The van der Waals surface area contributed by atoms with Crippen LogP contribution in [0.5, 0.6) is 5.75 Å². The lowest BCUT2D eigenvalue weighted by Crippen LogP contribution is -2.19.